The predicted molar refractivity (Wildman–Crippen MR) is 93.7 cm³/mol. The van der Waals surface area contributed by atoms with Crippen LogP contribution < -0.4 is 0 Å². The largest absolute Gasteiger partial charge is 0.339 e. The van der Waals surface area contributed by atoms with Crippen LogP contribution in [0.1, 0.15) is 25.7 Å². The van der Waals surface area contributed by atoms with E-state index in [1.54, 1.807) is 0 Å². The van der Waals surface area contributed by atoms with Gasteiger partial charge in [-0.1, -0.05) is 30.3 Å². The molecule has 7 heteroatoms. The van der Waals surface area contributed by atoms with Crippen molar-refractivity contribution in [3.8, 4) is 11.4 Å². The predicted octanol–water partition coefficient (Wildman–Crippen LogP) is 1.43. The van der Waals surface area contributed by atoms with Crippen molar-refractivity contribution >= 4 is 5.91 Å². The van der Waals surface area contributed by atoms with Crippen molar-refractivity contribution in [3.63, 3.8) is 0 Å². The number of piperidine rings is 1. The van der Waals surface area contributed by atoms with Crippen LogP contribution in [-0.2, 0) is 11.3 Å². The second kappa shape index (κ2) is 7.31. The van der Waals surface area contributed by atoms with Gasteiger partial charge in [-0.2, -0.15) is 4.80 Å². The molecule has 2 saturated heterocycles. The van der Waals surface area contributed by atoms with Crippen LogP contribution in [0.3, 0.4) is 0 Å². The average molecular weight is 340 g/mol. The van der Waals surface area contributed by atoms with Crippen LogP contribution in [0.4, 0.5) is 0 Å². The Morgan fingerprint density at radius 1 is 1.08 bits per heavy atom. The average Bonchev–Trinajstić information content (AvgIpc) is 3.35. The number of carbonyl (C=O) groups is 1. The molecule has 0 aliphatic carbocycles. The maximum Gasteiger partial charge on any atom is 0.246 e. The van der Waals surface area contributed by atoms with Crippen molar-refractivity contribution in [1.29, 1.82) is 0 Å². The van der Waals surface area contributed by atoms with Crippen molar-refractivity contribution in [2.45, 2.75) is 38.3 Å². The van der Waals surface area contributed by atoms with Gasteiger partial charge in [0.1, 0.15) is 6.54 Å². The lowest BCUT2D eigenvalue weighted by Gasteiger charge is -2.37. The number of tetrazole rings is 1. The van der Waals surface area contributed by atoms with E-state index in [4.69, 9.17) is 0 Å². The number of hydrogen-bond acceptors (Lipinski definition) is 5. The normalized spacial score (nSPS) is 21.6. The van der Waals surface area contributed by atoms with Gasteiger partial charge in [0.25, 0.3) is 0 Å². The third kappa shape index (κ3) is 3.71. The van der Waals surface area contributed by atoms with Crippen molar-refractivity contribution in [2.75, 3.05) is 26.2 Å². The molecule has 0 radical (unpaired) electrons. The minimum absolute atomic E-state index is 0.0842. The summed E-state index contributed by atoms with van der Waals surface area (Å²) < 4.78 is 0. The maximum atomic E-state index is 12.7. The fraction of sp³-hybridized carbons (Fsp3) is 0.556. The van der Waals surface area contributed by atoms with E-state index in [1.165, 1.54) is 37.1 Å². The fourth-order valence-electron chi connectivity index (χ4n) is 3.82. The van der Waals surface area contributed by atoms with Gasteiger partial charge in [0, 0.05) is 24.7 Å². The monoisotopic (exact) mass is 340 g/mol. The van der Waals surface area contributed by atoms with Crippen molar-refractivity contribution in [3.05, 3.63) is 30.3 Å². The molecule has 1 aromatic carbocycles. The summed E-state index contributed by atoms with van der Waals surface area (Å²) in [6, 6.07) is 10.2. The SMILES string of the molecule is O=C(Cn1nnc(-c2ccccc2)n1)N1CCC[C@H](N2CCCC2)C1. The summed E-state index contributed by atoms with van der Waals surface area (Å²) in [6.07, 6.45) is 4.85. The molecule has 7 nitrogen and oxygen atoms in total. The Balaban J connectivity index is 1.37. The van der Waals surface area contributed by atoms with Gasteiger partial charge in [-0.15, -0.1) is 10.2 Å². The van der Waals surface area contributed by atoms with Crippen LogP contribution >= 0.6 is 0 Å². The van der Waals surface area contributed by atoms with E-state index in [2.05, 4.69) is 20.3 Å². The molecule has 2 aliphatic rings. The van der Waals surface area contributed by atoms with Crippen molar-refractivity contribution in [2.24, 2.45) is 0 Å². The van der Waals surface area contributed by atoms with E-state index in [0.717, 1.165) is 25.1 Å². The molecular formula is C18H24N6O. The minimum Gasteiger partial charge on any atom is -0.339 e. The van der Waals surface area contributed by atoms with E-state index in [-0.39, 0.29) is 12.5 Å². The Morgan fingerprint density at radius 2 is 1.88 bits per heavy atom. The standard InChI is InChI=1S/C18H24N6O/c25-17(23-12-6-9-16(13-23)22-10-4-5-11-22)14-24-20-18(19-21-24)15-7-2-1-3-8-15/h1-3,7-8,16H,4-6,9-14H2/t16-/m0/s1. The summed E-state index contributed by atoms with van der Waals surface area (Å²) in [6.45, 7) is 4.19. The fourth-order valence-corrected chi connectivity index (χ4v) is 3.82. The molecule has 1 atom stereocenters. The van der Waals surface area contributed by atoms with Gasteiger partial charge >= 0.3 is 0 Å². The first kappa shape index (κ1) is 16.2. The summed E-state index contributed by atoms with van der Waals surface area (Å²) in [5.41, 5.74) is 0.910. The molecule has 2 aliphatic heterocycles. The molecule has 4 rings (SSSR count). The molecule has 1 aromatic heterocycles. The molecule has 0 unspecified atom stereocenters. The maximum absolute atomic E-state index is 12.7. The van der Waals surface area contributed by atoms with E-state index in [1.807, 2.05) is 35.2 Å². The summed E-state index contributed by atoms with van der Waals surface area (Å²) in [5.74, 6) is 0.642. The van der Waals surface area contributed by atoms with Gasteiger partial charge < -0.3 is 4.90 Å². The molecule has 0 saturated carbocycles. The molecule has 132 valence electrons. The molecule has 2 fully saturated rings. The summed E-state index contributed by atoms with van der Waals surface area (Å²) in [7, 11) is 0. The summed E-state index contributed by atoms with van der Waals surface area (Å²) >= 11 is 0. The van der Waals surface area contributed by atoms with Crippen LogP contribution in [0.15, 0.2) is 30.3 Å². The molecule has 25 heavy (non-hydrogen) atoms. The van der Waals surface area contributed by atoms with Crippen LogP contribution in [0.5, 0.6) is 0 Å². The van der Waals surface area contributed by atoms with Gasteiger partial charge in [-0.3, -0.25) is 9.69 Å². The Kier molecular flexibility index (Phi) is 4.74. The number of amides is 1. The topological polar surface area (TPSA) is 67.2 Å². The highest BCUT2D eigenvalue weighted by Crippen LogP contribution is 2.20. The first-order chi connectivity index (χ1) is 12.3. The third-order valence-corrected chi connectivity index (χ3v) is 5.17. The van der Waals surface area contributed by atoms with E-state index < -0.39 is 0 Å². The van der Waals surface area contributed by atoms with Crippen LogP contribution in [0, 0.1) is 0 Å². The zero-order chi connectivity index (χ0) is 17.1. The van der Waals surface area contributed by atoms with Gasteiger partial charge in [0.2, 0.25) is 11.7 Å². The smallest absolute Gasteiger partial charge is 0.246 e. The molecule has 0 bridgehead atoms. The number of hydrogen-bond donors (Lipinski definition) is 0. The minimum atomic E-state index is 0.0842. The quantitative estimate of drug-likeness (QED) is 0.842. The van der Waals surface area contributed by atoms with Crippen molar-refractivity contribution in [1.82, 2.24) is 30.0 Å². The Morgan fingerprint density at radius 3 is 2.68 bits per heavy atom. The first-order valence-electron chi connectivity index (χ1n) is 9.15. The Hall–Kier alpha value is -2.28. The summed E-state index contributed by atoms with van der Waals surface area (Å²) in [5, 5.41) is 12.5. The molecule has 0 spiro atoms. The van der Waals surface area contributed by atoms with Gasteiger partial charge in [0.15, 0.2) is 0 Å². The number of carbonyl (C=O) groups excluding carboxylic acids is 1. The van der Waals surface area contributed by atoms with Gasteiger partial charge in [-0.05, 0) is 44.0 Å². The Labute approximate surface area is 147 Å². The van der Waals surface area contributed by atoms with E-state index >= 15 is 0 Å². The molecule has 3 heterocycles. The number of likely N-dealkylation sites (tertiary alicyclic amines) is 2. The van der Waals surface area contributed by atoms with E-state index in [0.29, 0.717) is 11.9 Å². The Bertz CT molecular complexity index is 709. The van der Waals surface area contributed by atoms with Crippen LogP contribution in [0.2, 0.25) is 0 Å². The molecule has 0 N–H and O–H groups in total. The number of benzene rings is 1. The van der Waals surface area contributed by atoms with Gasteiger partial charge in [-0.25, -0.2) is 0 Å². The zero-order valence-corrected chi connectivity index (χ0v) is 14.4. The van der Waals surface area contributed by atoms with Gasteiger partial charge in [0.05, 0.1) is 0 Å². The second-order valence-electron chi connectivity index (χ2n) is 6.89. The van der Waals surface area contributed by atoms with Crippen LogP contribution in [0.25, 0.3) is 11.4 Å². The highest BCUT2D eigenvalue weighted by atomic mass is 16.2. The second-order valence-corrected chi connectivity index (χ2v) is 6.89. The molecule has 2 aromatic rings. The third-order valence-electron chi connectivity index (χ3n) is 5.17. The van der Waals surface area contributed by atoms with Crippen molar-refractivity contribution < 1.29 is 4.79 Å². The lowest BCUT2D eigenvalue weighted by atomic mass is 10.0. The highest BCUT2D eigenvalue weighted by Gasteiger charge is 2.29. The molecular weight excluding hydrogens is 316 g/mol. The highest BCUT2D eigenvalue weighted by molar-refractivity contribution is 5.76. The lowest BCUT2D eigenvalue weighted by molar-refractivity contribution is -0.134. The number of nitrogens with zero attached hydrogens (tertiary/aromatic N) is 6. The number of rotatable bonds is 4. The van der Waals surface area contributed by atoms with E-state index in [9.17, 15) is 4.79 Å². The summed E-state index contributed by atoms with van der Waals surface area (Å²) in [4.78, 5) is 18.6. The number of aromatic nitrogens is 4. The molecule has 1 amide bonds. The lowest BCUT2D eigenvalue weighted by Crippen LogP contribution is -2.49. The zero-order valence-electron chi connectivity index (χ0n) is 14.4. The first-order valence-corrected chi connectivity index (χ1v) is 9.15. The van der Waals surface area contributed by atoms with Crippen LogP contribution in [-0.4, -0.2) is 68.1 Å².